The summed E-state index contributed by atoms with van der Waals surface area (Å²) >= 11 is 0. The molecule has 0 aliphatic rings. The van der Waals surface area contributed by atoms with Crippen molar-refractivity contribution in [1.29, 1.82) is 0 Å². The molecule has 43 heavy (non-hydrogen) atoms. The summed E-state index contributed by atoms with van der Waals surface area (Å²) < 4.78 is 26.6. The average molecular weight is 581 g/mol. The molecule has 0 unspecified atom stereocenters. The van der Waals surface area contributed by atoms with Gasteiger partial charge < -0.3 is 28.8 Å². The number of carboxylic acid groups (broad SMARTS) is 1. The van der Waals surface area contributed by atoms with E-state index in [9.17, 15) is 9.59 Å². The number of carbonyl (C=O) groups is 2. The van der Waals surface area contributed by atoms with E-state index in [-0.39, 0.29) is 13.2 Å². The molecular weight excluding hydrogens is 548 g/mol. The van der Waals surface area contributed by atoms with E-state index in [1.165, 1.54) is 7.11 Å². The fraction of sp³-hybridized carbons (Fsp3) is 0.200. The fourth-order valence-corrected chi connectivity index (χ4v) is 3.47. The minimum absolute atomic E-state index is 0.141. The molecule has 0 aliphatic heterocycles. The molecule has 0 fully saturated rings. The van der Waals surface area contributed by atoms with Crippen molar-refractivity contribution in [2.75, 3.05) is 33.5 Å². The van der Waals surface area contributed by atoms with Gasteiger partial charge in [0.05, 0.1) is 7.11 Å². The summed E-state index contributed by atoms with van der Waals surface area (Å²) in [6.07, 6.45) is 7.11. The lowest BCUT2D eigenvalue weighted by atomic mass is 10.1. The van der Waals surface area contributed by atoms with Gasteiger partial charge in [0, 0.05) is 11.1 Å². The zero-order valence-electron chi connectivity index (χ0n) is 24.2. The average Bonchev–Trinajstić information content (AvgIpc) is 3.00. The van der Waals surface area contributed by atoms with Gasteiger partial charge in [0.15, 0.2) is 13.2 Å². The van der Waals surface area contributed by atoms with Crippen LogP contribution in [0.4, 0.5) is 0 Å². The number of carbonyl (C=O) groups excluding carboxylic acids is 1. The molecule has 0 radical (unpaired) electrons. The smallest absolute Gasteiger partial charge is 0.343 e. The Bertz CT molecular complexity index is 1580. The summed E-state index contributed by atoms with van der Waals surface area (Å²) in [6, 6.07) is 18.2. The van der Waals surface area contributed by atoms with E-state index < -0.39 is 11.9 Å². The van der Waals surface area contributed by atoms with E-state index in [2.05, 4.69) is 28.4 Å². The number of ether oxygens (including phenoxy) is 5. The molecule has 3 aromatic rings. The summed E-state index contributed by atoms with van der Waals surface area (Å²) in [5, 5.41) is 8.72. The zero-order valence-corrected chi connectivity index (χ0v) is 24.2. The maximum absolute atomic E-state index is 11.2. The third-order valence-corrected chi connectivity index (χ3v) is 5.63. The van der Waals surface area contributed by atoms with Crippen LogP contribution in [-0.4, -0.2) is 50.6 Å². The van der Waals surface area contributed by atoms with Crippen LogP contribution in [0.2, 0.25) is 0 Å². The van der Waals surface area contributed by atoms with Crippen molar-refractivity contribution in [3.63, 3.8) is 0 Å². The first-order chi connectivity index (χ1) is 20.8. The number of hydrogen-bond acceptors (Lipinski definition) is 7. The third kappa shape index (κ3) is 11.8. The first kappa shape index (κ1) is 31.9. The van der Waals surface area contributed by atoms with Gasteiger partial charge in [0.1, 0.15) is 36.2 Å². The van der Waals surface area contributed by atoms with Gasteiger partial charge in [-0.3, -0.25) is 0 Å². The van der Waals surface area contributed by atoms with Crippen LogP contribution in [0.15, 0.2) is 85.0 Å². The Labute approximate surface area is 251 Å². The first-order valence-electron chi connectivity index (χ1n) is 13.3. The molecule has 0 aliphatic carbocycles. The van der Waals surface area contributed by atoms with Crippen LogP contribution in [0.25, 0.3) is 0 Å². The number of aryl methyl sites for hydroxylation is 2. The van der Waals surface area contributed by atoms with E-state index in [0.29, 0.717) is 36.2 Å². The van der Waals surface area contributed by atoms with Gasteiger partial charge in [-0.1, -0.05) is 23.7 Å². The van der Waals surface area contributed by atoms with E-state index in [4.69, 9.17) is 24.1 Å². The van der Waals surface area contributed by atoms with Crippen LogP contribution >= 0.6 is 0 Å². The van der Waals surface area contributed by atoms with Crippen molar-refractivity contribution >= 4 is 11.9 Å². The van der Waals surface area contributed by atoms with Crippen molar-refractivity contribution in [2.24, 2.45) is 0 Å². The Morgan fingerprint density at radius 3 is 1.58 bits per heavy atom. The number of aliphatic carboxylic acids is 1. The number of allylic oxidation sites excluding steroid dienone is 2. The number of benzene rings is 3. The highest BCUT2D eigenvalue weighted by Crippen LogP contribution is 2.24. The SMILES string of the molecule is COC(=O)COc1ccc(OCC=CC#Cc2ccc(C#CC=CCOc3ccc(OCC(=O)O)c(C)c3)cc2)cc1C. The highest BCUT2D eigenvalue weighted by Gasteiger charge is 2.06. The number of esters is 1. The van der Waals surface area contributed by atoms with Gasteiger partial charge in [0.25, 0.3) is 0 Å². The molecule has 1 N–H and O–H groups in total. The lowest BCUT2D eigenvalue weighted by Crippen LogP contribution is -2.13. The van der Waals surface area contributed by atoms with Crippen LogP contribution in [-0.2, 0) is 14.3 Å². The van der Waals surface area contributed by atoms with Gasteiger partial charge in [-0.15, -0.1) is 0 Å². The highest BCUT2D eigenvalue weighted by atomic mass is 16.6. The van der Waals surface area contributed by atoms with Gasteiger partial charge in [-0.2, -0.15) is 0 Å². The van der Waals surface area contributed by atoms with Crippen molar-refractivity contribution in [3.05, 3.63) is 107 Å². The zero-order chi connectivity index (χ0) is 30.9. The fourth-order valence-electron chi connectivity index (χ4n) is 3.47. The molecule has 3 rings (SSSR count). The van der Waals surface area contributed by atoms with E-state index >= 15 is 0 Å². The summed E-state index contributed by atoms with van der Waals surface area (Å²) in [5.41, 5.74) is 3.38. The third-order valence-electron chi connectivity index (χ3n) is 5.63. The number of methoxy groups -OCH3 is 1. The molecule has 0 spiro atoms. The maximum atomic E-state index is 11.2. The number of carboxylic acids is 1. The predicted octanol–water partition coefficient (Wildman–Crippen LogP) is 5.29. The van der Waals surface area contributed by atoms with Crippen LogP contribution in [0.1, 0.15) is 22.3 Å². The first-order valence-corrected chi connectivity index (χ1v) is 13.3. The van der Waals surface area contributed by atoms with Gasteiger partial charge in [-0.25, -0.2) is 9.59 Å². The molecular formula is C35H32O8. The Kier molecular flexibility index (Phi) is 12.8. The maximum Gasteiger partial charge on any atom is 0.343 e. The normalized spacial score (nSPS) is 10.3. The monoisotopic (exact) mass is 580 g/mol. The summed E-state index contributed by atoms with van der Waals surface area (Å²) in [4.78, 5) is 21.9. The second kappa shape index (κ2) is 17.3. The molecule has 3 aromatic carbocycles. The van der Waals surface area contributed by atoms with Crippen LogP contribution in [0.3, 0.4) is 0 Å². The van der Waals surface area contributed by atoms with Crippen LogP contribution in [0, 0.1) is 37.5 Å². The molecule has 0 heterocycles. The molecule has 0 amide bonds. The standard InChI is InChI=1S/C35H32O8/c1-26-22-30(16-18-32(26)42-24-34(36)37)40-20-8-4-6-10-28-12-14-29(15-13-28)11-7-5-9-21-41-31-17-19-33(27(2)23-31)43-25-35(38)39-3/h4-5,8-9,12-19,22-23H,20-21,24-25H2,1-3H3,(H,36,37). The molecule has 0 saturated carbocycles. The quantitative estimate of drug-likeness (QED) is 0.228. The van der Waals surface area contributed by atoms with Gasteiger partial charge in [-0.05, 0) is 110 Å². The molecule has 0 saturated heterocycles. The number of rotatable bonds is 12. The van der Waals surface area contributed by atoms with Gasteiger partial charge >= 0.3 is 11.9 Å². The largest absolute Gasteiger partial charge is 0.489 e. The topological polar surface area (TPSA) is 101 Å². The van der Waals surface area contributed by atoms with Crippen molar-refractivity contribution < 1.29 is 38.4 Å². The van der Waals surface area contributed by atoms with E-state index in [1.54, 1.807) is 42.5 Å². The van der Waals surface area contributed by atoms with Crippen molar-refractivity contribution in [3.8, 4) is 46.7 Å². The highest BCUT2D eigenvalue weighted by molar-refractivity contribution is 5.71. The molecule has 8 heteroatoms. The van der Waals surface area contributed by atoms with Crippen LogP contribution < -0.4 is 18.9 Å². The van der Waals surface area contributed by atoms with Crippen molar-refractivity contribution in [1.82, 2.24) is 0 Å². The summed E-state index contributed by atoms with van der Waals surface area (Å²) in [7, 11) is 1.32. The molecule has 0 bridgehead atoms. The Morgan fingerprint density at radius 1 is 0.698 bits per heavy atom. The molecule has 0 aromatic heterocycles. The number of hydrogen-bond donors (Lipinski definition) is 1. The predicted molar refractivity (Wildman–Crippen MR) is 162 cm³/mol. The Morgan fingerprint density at radius 2 is 1.16 bits per heavy atom. The summed E-state index contributed by atoms with van der Waals surface area (Å²) in [5.74, 6) is 13.1. The molecule has 0 atom stereocenters. The van der Waals surface area contributed by atoms with Gasteiger partial charge in [0.2, 0.25) is 0 Å². The molecule has 220 valence electrons. The summed E-state index contributed by atoms with van der Waals surface area (Å²) in [6.45, 7) is 3.88. The second-order valence-electron chi connectivity index (χ2n) is 8.94. The van der Waals surface area contributed by atoms with E-state index in [0.717, 1.165) is 22.3 Å². The lowest BCUT2D eigenvalue weighted by Gasteiger charge is -2.10. The Balaban J connectivity index is 1.38. The lowest BCUT2D eigenvalue weighted by molar-refractivity contribution is -0.143. The van der Waals surface area contributed by atoms with Crippen LogP contribution in [0.5, 0.6) is 23.0 Å². The second-order valence-corrected chi connectivity index (χ2v) is 8.94. The minimum Gasteiger partial charge on any atom is -0.489 e. The molecule has 8 nitrogen and oxygen atoms in total. The minimum atomic E-state index is -1.02. The Hall–Kier alpha value is -5.60. The van der Waals surface area contributed by atoms with Crippen molar-refractivity contribution in [2.45, 2.75) is 13.8 Å². The van der Waals surface area contributed by atoms with E-state index in [1.807, 2.05) is 56.3 Å².